The predicted octanol–water partition coefficient (Wildman–Crippen LogP) is 6.59. The molecule has 8 nitrogen and oxygen atoms in total. The van der Waals surface area contributed by atoms with Crippen molar-refractivity contribution in [1.29, 1.82) is 0 Å². The second-order valence-corrected chi connectivity index (χ2v) is 9.19. The number of hydrogen-bond donors (Lipinski definition) is 2. The molecule has 0 atom stereocenters. The van der Waals surface area contributed by atoms with Gasteiger partial charge in [-0.2, -0.15) is 0 Å². The standard InChI is InChI=1S/C30H26FN7O/c1-32-30-34-18-16-26(36-30)25-7-4-17-33-29(25)39-22-14-12-21(13-15-22)35-28-24-6-3-2-5-23(24)27(37-38-28)19-8-10-20(31)11-9-19/h4,7-18H,2-3,5-6H2,1H3,(H,35,38)(H,32,34,36). The molecule has 9 heteroatoms. The molecular formula is C30H26FN7O. The molecule has 0 aliphatic heterocycles. The van der Waals surface area contributed by atoms with E-state index < -0.39 is 0 Å². The zero-order chi connectivity index (χ0) is 26.6. The van der Waals surface area contributed by atoms with E-state index in [1.165, 1.54) is 23.3 Å². The fourth-order valence-electron chi connectivity index (χ4n) is 4.74. The molecule has 2 aromatic carbocycles. The van der Waals surface area contributed by atoms with E-state index in [1.807, 2.05) is 42.5 Å². The Morgan fingerprint density at radius 3 is 2.41 bits per heavy atom. The van der Waals surface area contributed by atoms with Crippen molar-refractivity contribution in [3.63, 3.8) is 0 Å². The second-order valence-electron chi connectivity index (χ2n) is 9.19. The molecule has 1 aliphatic rings. The molecule has 39 heavy (non-hydrogen) atoms. The molecule has 0 bridgehead atoms. The van der Waals surface area contributed by atoms with Gasteiger partial charge in [0, 0.05) is 36.3 Å². The van der Waals surface area contributed by atoms with Crippen LogP contribution in [0, 0.1) is 5.82 Å². The summed E-state index contributed by atoms with van der Waals surface area (Å²) in [7, 11) is 1.77. The van der Waals surface area contributed by atoms with E-state index in [-0.39, 0.29) is 5.82 Å². The molecule has 3 aromatic heterocycles. The number of hydrogen-bond acceptors (Lipinski definition) is 8. The SMILES string of the molecule is CNc1nccc(-c2cccnc2Oc2ccc(Nc3nnc(-c4ccc(F)cc4)c4c3CCCC4)cc2)n1. The molecule has 0 unspecified atom stereocenters. The number of pyridine rings is 1. The predicted molar refractivity (Wildman–Crippen MR) is 149 cm³/mol. The van der Waals surface area contributed by atoms with Gasteiger partial charge in [-0.15, -0.1) is 10.2 Å². The first-order valence-corrected chi connectivity index (χ1v) is 12.8. The maximum absolute atomic E-state index is 13.5. The molecule has 0 amide bonds. The van der Waals surface area contributed by atoms with Crippen molar-refractivity contribution in [2.75, 3.05) is 17.7 Å². The van der Waals surface area contributed by atoms with E-state index in [4.69, 9.17) is 4.74 Å². The van der Waals surface area contributed by atoms with Gasteiger partial charge in [-0.05, 0) is 98.0 Å². The van der Waals surface area contributed by atoms with Crippen LogP contribution in [0.5, 0.6) is 11.6 Å². The highest BCUT2D eigenvalue weighted by Crippen LogP contribution is 2.35. The van der Waals surface area contributed by atoms with Crippen LogP contribution in [-0.2, 0) is 12.8 Å². The molecule has 0 fully saturated rings. The molecule has 0 saturated heterocycles. The summed E-state index contributed by atoms with van der Waals surface area (Å²) >= 11 is 0. The summed E-state index contributed by atoms with van der Waals surface area (Å²) in [6.07, 6.45) is 7.42. The maximum Gasteiger partial charge on any atom is 0.228 e. The van der Waals surface area contributed by atoms with Gasteiger partial charge < -0.3 is 15.4 Å². The fourth-order valence-corrected chi connectivity index (χ4v) is 4.74. The van der Waals surface area contributed by atoms with E-state index in [1.54, 1.807) is 31.6 Å². The number of nitrogens with zero attached hydrogens (tertiary/aromatic N) is 5. The minimum Gasteiger partial charge on any atom is -0.438 e. The van der Waals surface area contributed by atoms with Crippen LogP contribution in [-0.4, -0.2) is 32.2 Å². The Hall–Kier alpha value is -4.92. The van der Waals surface area contributed by atoms with Gasteiger partial charge >= 0.3 is 0 Å². The van der Waals surface area contributed by atoms with Gasteiger partial charge in [0.15, 0.2) is 5.82 Å². The van der Waals surface area contributed by atoms with E-state index in [0.717, 1.165) is 54.0 Å². The van der Waals surface area contributed by atoms with E-state index >= 15 is 0 Å². The Morgan fingerprint density at radius 2 is 1.62 bits per heavy atom. The van der Waals surface area contributed by atoms with Crippen LogP contribution in [0.25, 0.3) is 22.5 Å². The van der Waals surface area contributed by atoms with Crippen molar-refractivity contribution in [1.82, 2.24) is 25.1 Å². The average Bonchev–Trinajstić information content (AvgIpc) is 2.99. The van der Waals surface area contributed by atoms with Gasteiger partial charge in [0.2, 0.25) is 11.8 Å². The number of ether oxygens (including phenoxy) is 1. The number of anilines is 3. The van der Waals surface area contributed by atoms with Gasteiger partial charge in [0.1, 0.15) is 11.6 Å². The lowest BCUT2D eigenvalue weighted by Gasteiger charge is -2.21. The van der Waals surface area contributed by atoms with Crippen LogP contribution >= 0.6 is 0 Å². The number of halogens is 1. The molecule has 2 N–H and O–H groups in total. The molecule has 1 aliphatic carbocycles. The van der Waals surface area contributed by atoms with Gasteiger partial charge in [-0.1, -0.05) is 0 Å². The average molecular weight is 520 g/mol. The largest absolute Gasteiger partial charge is 0.438 e. The molecule has 6 rings (SSSR count). The van der Waals surface area contributed by atoms with Crippen LogP contribution in [0.2, 0.25) is 0 Å². The van der Waals surface area contributed by atoms with Crippen LogP contribution in [0.1, 0.15) is 24.0 Å². The summed E-state index contributed by atoms with van der Waals surface area (Å²) in [6.45, 7) is 0. The molecule has 5 aromatic rings. The van der Waals surface area contributed by atoms with Crippen molar-refractivity contribution in [3.8, 4) is 34.1 Å². The minimum absolute atomic E-state index is 0.262. The lowest BCUT2D eigenvalue weighted by Crippen LogP contribution is -2.12. The quantitative estimate of drug-likeness (QED) is 0.249. The summed E-state index contributed by atoms with van der Waals surface area (Å²) in [6, 6.07) is 19.7. The van der Waals surface area contributed by atoms with Crippen molar-refractivity contribution in [3.05, 3.63) is 96.1 Å². The first-order chi connectivity index (χ1) is 19.2. The van der Waals surface area contributed by atoms with Crippen molar-refractivity contribution in [2.24, 2.45) is 0 Å². The molecule has 194 valence electrons. The second kappa shape index (κ2) is 10.8. The fraction of sp³-hybridized carbons (Fsp3) is 0.167. The van der Waals surface area contributed by atoms with Crippen LogP contribution in [0.4, 0.5) is 21.8 Å². The summed E-state index contributed by atoms with van der Waals surface area (Å²) in [4.78, 5) is 13.1. The third kappa shape index (κ3) is 5.24. The summed E-state index contributed by atoms with van der Waals surface area (Å²) < 4.78 is 19.6. The Kier molecular flexibility index (Phi) is 6.78. The Labute approximate surface area is 225 Å². The molecule has 0 spiro atoms. The lowest BCUT2D eigenvalue weighted by atomic mass is 9.89. The van der Waals surface area contributed by atoms with Gasteiger partial charge in [0.05, 0.1) is 17.0 Å². The number of aromatic nitrogens is 5. The number of rotatable bonds is 7. The number of benzene rings is 2. The van der Waals surface area contributed by atoms with Gasteiger partial charge in [-0.3, -0.25) is 0 Å². The highest BCUT2D eigenvalue weighted by atomic mass is 19.1. The van der Waals surface area contributed by atoms with Crippen LogP contribution in [0.3, 0.4) is 0 Å². The monoisotopic (exact) mass is 519 g/mol. The minimum atomic E-state index is -0.262. The van der Waals surface area contributed by atoms with E-state index in [0.29, 0.717) is 23.3 Å². The summed E-state index contributed by atoms with van der Waals surface area (Å²) in [5.41, 5.74) is 6.40. The zero-order valence-corrected chi connectivity index (χ0v) is 21.4. The first kappa shape index (κ1) is 24.4. The first-order valence-electron chi connectivity index (χ1n) is 12.8. The smallest absolute Gasteiger partial charge is 0.228 e. The highest BCUT2D eigenvalue weighted by Gasteiger charge is 2.21. The molecule has 0 saturated carbocycles. The molecular weight excluding hydrogens is 493 g/mol. The van der Waals surface area contributed by atoms with Crippen LogP contribution < -0.4 is 15.4 Å². The lowest BCUT2D eigenvalue weighted by molar-refractivity contribution is 0.465. The zero-order valence-electron chi connectivity index (χ0n) is 21.4. The van der Waals surface area contributed by atoms with Gasteiger partial charge in [-0.25, -0.2) is 19.3 Å². The van der Waals surface area contributed by atoms with Crippen LogP contribution in [0.15, 0.2) is 79.1 Å². The normalized spacial score (nSPS) is 12.5. The number of fused-ring (bicyclic) bond motifs is 1. The molecule has 0 radical (unpaired) electrons. The summed E-state index contributed by atoms with van der Waals surface area (Å²) in [5.74, 6) is 2.11. The number of nitrogens with one attached hydrogen (secondary N) is 2. The topological polar surface area (TPSA) is 97.7 Å². The highest BCUT2D eigenvalue weighted by molar-refractivity contribution is 5.70. The van der Waals surface area contributed by atoms with Crippen molar-refractivity contribution in [2.45, 2.75) is 25.7 Å². The van der Waals surface area contributed by atoms with Crippen molar-refractivity contribution >= 4 is 17.5 Å². The Morgan fingerprint density at radius 1 is 0.821 bits per heavy atom. The third-order valence-corrected chi connectivity index (χ3v) is 6.67. The summed E-state index contributed by atoms with van der Waals surface area (Å²) in [5, 5.41) is 15.4. The Balaban J connectivity index is 1.23. The van der Waals surface area contributed by atoms with E-state index in [9.17, 15) is 4.39 Å². The van der Waals surface area contributed by atoms with Crippen molar-refractivity contribution < 1.29 is 9.13 Å². The molecule has 3 heterocycles. The third-order valence-electron chi connectivity index (χ3n) is 6.67. The van der Waals surface area contributed by atoms with Gasteiger partial charge in [0.25, 0.3) is 0 Å². The van der Waals surface area contributed by atoms with E-state index in [2.05, 4.69) is 35.8 Å². The maximum atomic E-state index is 13.5. The Bertz CT molecular complexity index is 1610.